The summed E-state index contributed by atoms with van der Waals surface area (Å²) in [6.07, 6.45) is 3.60. The van der Waals surface area contributed by atoms with Gasteiger partial charge >= 0.3 is 0 Å². The van der Waals surface area contributed by atoms with Crippen LogP contribution in [0.1, 0.15) is 30.6 Å². The van der Waals surface area contributed by atoms with Crippen molar-refractivity contribution < 1.29 is 14.3 Å². The highest BCUT2D eigenvalue weighted by molar-refractivity contribution is 5.93. The van der Waals surface area contributed by atoms with Crippen LogP contribution < -0.4 is 10.0 Å². The van der Waals surface area contributed by atoms with Crippen LogP contribution in [0.15, 0.2) is 24.5 Å². The Balaban J connectivity index is 2.23. The minimum atomic E-state index is -0.171. The number of hydrogen-bond acceptors (Lipinski definition) is 3. The van der Waals surface area contributed by atoms with Crippen LogP contribution in [0.5, 0.6) is 0 Å². The van der Waals surface area contributed by atoms with Crippen LogP contribution in [0.4, 0.5) is 0 Å². The van der Waals surface area contributed by atoms with Crippen molar-refractivity contribution in [2.75, 3.05) is 13.2 Å². The third-order valence-electron chi connectivity index (χ3n) is 2.12. The summed E-state index contributed by atoms with van der Waals surface area (Å²) >= 11 is 0. The Morgan fingerprint density at radius 1 is 1.47 bits per heavy atom. The monoisotopic (exact) mass is 238 g/mol. The predicted molar refractivity (Wildman–Crippen MR) is 63.4 cm³/mol. The van der Waals surface area contributed by atoms with E-state index in [2.05, 4.69) is 5.32 Å². The number of nitrogens with one attached hydrogen (secondary N) is 1. The molecule has 5 heteroatoms. The summed E-state index contributed by atoms with van der Waals surface area (Å²) in [5, 5.41) is 13.5. The van der Waals surface area contributed by atoms with Crippen molar-refractivity contribution in [1.82, 2.24) is 5.32 Å². The molecule has 0 spiro atoms. The largest absolute Gasteiger partial charge is 0.619 e. The molecule has 0 saturated carbocycles. The van der Waals surface area contributed by atoms with E-state index in [1.54, 1.807) is 0 Å². The number of carbonyl (C=O) groups is 1. The first-order valence-electron chi connectivity index (χ1n) is 5.68. The zero-order valence-electron chi connectivity index (χ0n) is 10.2. The molecule has 1 amide bonds. The van der Waals surface area contributed by atoms with Crippen LogP contribution >= 0.6 is 0 Å². The third kappa shape index (κ3) is 5.31. The molecule has 1 rings (SSSR count). The van der Waals surface area contributed by atoms with Gasteiger partial charge in [0.05, 0.1) is 11.7 Å². The number of nitrogens with zero attached hydrogens (tertiary/aromatic N) is 1. The van der Waals surface area contributed by atoms with Gasteiger partial charge in [0, 0.05) is 25.3 Å². The fourth-order valence-corrected chi connectivity index (χ4v) is 1.26. The Morgan fingerprint density at radius 2 is 2.12 bits per heavy atom. The second kappa shape index (κ2) is 6.85. The smallest absolute Gasteiger partial charge is 0.251 e. The molecular weight excluding hydrogens is 220 g/mol. The molecule has 0 bridgehead atoms. The highest BCUT2D eigenvalue weighted by Gasteiger charge is 2.05. The van der Waals surface area contributed by atoms with Gasteiger partial charge in [-0.05, 0) is 20.3 Å². The standard InChI is InChI=1S/C12H18N2O3/c1-10(2)17-9-3-6-13-12(15)11-4-7-14(16)8-5-11/h4-5,7-8,10H,3,6,9H2,1-2H3,(H,13,15). The molecule has 0 radical (unpaired) electrons. The van der Waals surface area contributed by atoms with Crippen molar-refractivity contribution in [3.05, 3.63) is 35.3 Å². The lowest BCUT2D eigenvalue weighted by atomic mass is 10.2. The Labute approximate surface area is 101 Å². The molecule has 0 atom stereocenters. The number of aromatic nitrogens is 1. The molecule has 1 aromatic heterocycles. The summed E-state index contributed by atoms with van der Waals surface area (Å²) < 4.78 is 6.00. The predicted octanol–water partition coefficient (Wildman–Crippen LogP) is 0.865. The van der Waals surface area contributed by atoms with Gasteiger partial charge in [0.1, 0.15) is 0 Å². The van der Waals surface area contributed by atoms with E-state index in [0.29, 0.717) is 23.4 Å². The number of ether oxygens (including phenoxy) is 1. The number of carbonyl (C=O) groups excluding carboxylic acids is 1. The first kappa shape index (κ1) is 13.4. The average molecular weight is 238 g/mol. The second-order valence-corrected chi connectivity index (χ2v) is 3.98. The molecule has 1 heterocycles. The Hall–Kier alpha value is -1.62. The molecule has 94 valence electrons. The Morgan fingerprint density at radius 3 is 2.71 bits per heavy atom. The number of rotatable bonds is 6. The van der Waals surface area contributed by atoms with E-state index < -0.39 is 0 Å². The van der Waals surface area contributed by atoms with Crippen LogP contribution in [0.25, 0.3) is 0 Å². The minimum absolute atomic E-state index is 0.171. The van der Waals surface area contributed by atoms with E-state index in [4.69, 9.17) is 4.74 Å². The lowest BCUT2D eigenvalue weighted by molar-refractivity contribution is -0.605. The van der Waals surface area contributed by atoms with E-state index in [1.807, 2.05) is 13.8 Å². The van der Waals surface area contributed by atoms with E-state index in [9.17, 15) is 10.0 Å². The first-order chi connectivity index (χ1) is 8.09. The highest BCUT2D eigenvalue weighted by Crippen LogP contribution is 1.95. The van der Waals surface area contributed by atoms with Gasteiger partial charge in [0.2, 0.25) is 0 Å². The van der Waals surface area contributed by atoms with Gasteiger partial charge in [-0.1, -0.05) is 0 Å². The normalized spacial score (nSPS) is 10.5. The van der Waals surface area contributed by atoms with E-state index in [0.717, 1.165) is 6.42 Å². The number of amides is 1. The Bertz CT molecular complexity index is 349. The van der Waals surface area contributed by atoms with Crippen molar-refractivity contribution in [2.45, 2.75) is 26.4 Å². The van der Waals surface area contributed by atoms with Crippen molar-refractivity contribution >= 4 is 5.91 Å². The second-order valence-electron chi connectivity index (χ2n) is 3.98. The van der Waals surface area contributed by atoms with Gasteiger partial charge in [0.25, 0.3) is 5.91 Å². The summed E-state index contributed by atoms with van der Waals surface area (Å²) in [5.74, 6) is -0.171. The summed E-state index contributed by atoms with van der Waals surface area (Å²) in [6, 6.07) is 2.99. The van der Waals surface area contributed by atoms with Crippen LogP contribution in [0, 0.1) is 5.21 Å². The SMILES string of the molecule is CC(C)OCCCNC(=O)c1cc[n+]([O-])cc1. The topological polar surface area (TPSA) is 65.3 Å². The molecule has 0 aromatic carbocycles. The van der Waals surface area contributed by atoms with Crippen LogP contribution in [-0.2, 0) is 4.74 Å². The molecule has 0 fully saturated rings. The molecule has 0 unspecified atom stereocenters. The molecule has 0 aliphatic carbocycles. The summed E-state index contributed by atoms with van der Waals surface area (Å²) in [5.41, 5.74) is 0.488. The molecular formula is C12H18N2O3. The minimum Gasteiger partial charge on any atom is -0.619 e. The Kier molecular flexibility index (Phi) is 5.42. The molecule has 0 saturated heterocycles. The van der Waals surface area contributed by atoms with Crippen molar-refractivity contribution in [3.63, 3.8) is 0 Å². The van der Waals surface area contributed by atoms with Gasteiger partial charge in [-0.25, -0.2) is 0 Å². The van der Waals surface area contributed by atoms with E-state index in [-0.39, 0.29) is 12.0 Å². The summed E-state index contributed by atoms with van der Waals surface area (Å²) in [7, 11) is 0. The fraction of sp³-hybridized carbons (Fsp3) is 0.500. The van der Waals surface area contributed by atoms with Crippen molar-refractivity contribution in [2.24, 2.45) is 0 Å². The third-order valence-corrected chi connectivity index (χ3v) is 2.12. The highest BCUT2D eigenvalue weighted by atomic mass is 16.5. The first-order valence-corrected chi connectivity index (χ1v) is 5.68. The summed E-state index contributed by atoms with van der Waals surface area (Å²) in [6.45, 7) is 5.15. The summed E-state index contributed by atoms with van der Waals surface area (Å²) in [4.78, 5) is 11.6. The van der Waals surface area contributed by atoms with Crippen molar-refractivity contribution in [1.29, 1.82) is 0 Å². The van der Waals surface area contributed by atoms with E-state index in [1.165, 1.54) is 24.5 Å². The van der Waals surface area contributed by atoms with Gasteiger partial charge in [0.15, 0.2) is 12.4 Å². The fourth-order valence-electron chi connectivity index (χ4n) is 1.26. The molecule has 17 heavy (non-hydrogen) atoms. The van der Waals surface area contributed by atoms with Crippen LogP contribution in [0.2, 0.25) is 0 Å². The van der Waals surface area contributed by atoms with Crippen LogP contribution in [0.3, 0.4) is 0 Å². The molecule has 0 aliphatic heterocycles. The van der Waals surface area contributed by atoms with Crippen molar-refractivity contribution in [3.8, 4) is 0 Å². The van der Waals surface area contributed by atoms with Gasteiger partial charge in [-0.2, -0.15) is 4.73 Å². The number of hydrogen-bond donors (Lipinski definition) is 1. The quantitative estimate of drug-likeness (QED) is 0.454. The molecule has 1 N–H and O–H groups in total. The average Bonchev–Trinajstić information content (AvgIpc) is 2.29. The molecule has 1 aromatic rings. The van der Waals surface area contributed by atoms with Gasteiger partial charge in [-0.15, -0.1) is 0 Å². The molecule has 0 aliphatic rings. The van der Waals surface area contributed by atoms with Gasteiger partial charge in [-0.3, -0.25) is 4.79 Å². The maximum atomic E-state index is 11.6. The van der Waals surface area contributed by atoms with Gasteiger partial charge < -0.3 is 15.3 Å². The maximum Gasteiger partial charge on any atom is 0.251 e. The van der Waals surface area contributed by atoms with E-state index >= 15 is 0 Å². The maximum absolute atomic E-state index is 11.6. The molecule has 5 nitrogen and oxygen atoms in total. The lowest BCUT2D eigenvalue weighted by Gasteiger charge is -2.08. The zero-order chi connectivity index (χ0) is 12.7. The van der Waals surface area contributed by atoms with Crippen LogP contribution in [-0.4, -0.2) is 25.2 Å². The zero-order valence-corrected chi connectivity index (χ0v) is 10.2. The lowest BCUT2D eigenvalue weighted by Crippen LogP contribution is -2.28. The number of pyridine rings is 1.